The number of hydrogen-bond acceptors (Lipinski definition) is 2. The summed E-state index contributed by atoms with van der Waals surface area (Å²) in [5.41, 5.74) is 5.03. The summed E-state index contributed by atoms with van der Waals surface area (Å²) in [6.45, 7) is 1.74. The maximum atomic E-state index is 11.4. The Morgan fingerprint density at radius 1 is 1.19 bits per heavy atom. The summed E-state index contributed by atoms with van der Waals surface area (Å²) in [7, 11) is 0. The lowest BCUT2D eigenvalue weighted by Gasteiger charge is -2.60. The topological polar surface area (TPSA) is 63.3 Å². The fraction of sp³-hybridized carbons (Fsp3) is 0.923. The summed E-state index contributed by atoms with van der Waals surface area (Å²) in [4.78, 5) is 11.4. The van der Waals surface area contributed by atoms with Gasteiger partial charge < -0.3 is 10.8 Å². The zero-order valence-corrected chi connectivity index (χ0v) is 9.91. The molecule has 0 saturated heterocycles. The SMILES string of the molecule is C[C@](N)(C(=O)O)C12CC3CC(CC(C3)C1)C2. The van der Waals surface area contributed by atoms with Gasteiger partial charge >= 0.3 is 5.97 Å². The molecule has 90 valence electrons. The number of carboxylic acid groups (broad SMARTS) is 1. The third-order valence-corrected chi connectivity index (χ3v) is 5.58. The highest BCUT2D eigenvalue weighted by atomic mass is 16.4. The number of carboxylic acids is 1. The van der Waals surface area contributed by atoms with E-state index in [-0.39, 0.29) is 5.41 Å². The van der Waals surface area contributed by atoms with Crippen LogP contribution in [0.3, 0.4) is 0 Å². The van der Waals surface area contributed by atoms with Crippen LogP contribution in [-0.4, -0.2) is 16.6 Å². The van der Waals surface area contributed by atoms with E-state index in [4.69, 9.17) is 5.73 Å². The van der Waals surface area contributed by atoms with E-state index in [1.807, 2.05) is 0 Å². The van der Waals surface area contributed by atoms with Crippen molar-refractivity contribution < 1.29 is 9.90 Å². The van der Waals surface area contributed by atoms with E-state index in [0.717, 1.165) is 37.0 Å². The Bertz CT molecular complexity index is 300. The zero-order valence-electron chi connectivity index (χ0n) is 9.91. The summed E-state index contributed by atoms with van der Waals surface area (Å²) in [6.07, 6.45) is 7.15. The second-order valence-corrected chi connectivity index (χ2v) is 6.71. The summed E-state index contributed by atoms with van der Waals surface area (Å²) in [5, 5.41) is 9.38. The van der Waals surface area contributed by atoms with E-state index in [1.165, 1.54) is 19.3 Å². The van der Waals surface area contributed by atoms with E-state index in [2.05, 4.69) is 0 Å². The molecule has 0 radical (unpaired) electrons. The van der Waals surface area contributed by atoms with Gasteiger partial charge in [0.1, 0.15) is 5.54 Å². The van der Waals surface area contributed by atoms with Crippen LogP contribution in [0.5, 0.6) is 0 Å². The van der Waals surface area contributed by atoms with Crippen molar-refractivity contribution in [2.75, 3.05) is 0 Å². The highest BCUT2D eigenvalue weighted by molar-refractivity contribution is 5.79. The van der Waals surface area contributed by atoms with Gasteiger partial charge in [-0.3, -0.25) is 4.79 Å². The Kier molecular flexibility index (Phi) is 1.99. The van der Waals surface area contributed by atoms with Crippen LogP contribution >= 0.6 is 0 Å². The summed E-state index contributed by atoms with van der Waals surface area (Å²) < 4.78 is 0. The lowest BCUT2D eigenvalue weighted by Crippen LogP contribution is -2.64. The van der Waals surface area contributed by atoms with Crippen LogP contribution in [-0.2, 0) is 4.79 Å². The molecule has 4 bridgehead atoms. The Balaban J connectivity index is 1.97. The van der Waals surface area contributed by atoms with Gasteiger partial charge in [-0.2, -0.15) is 0 Å². The van der Waals surface area contributed by atoms with Crippen molar-refractivity contribution in [3.8, 4) is 0 Å². The molecule has 0 spiro atoms. The smallest absolute Gasteiger partial charge is 0.323 e. The van der Waals surface area contributed by atoms with E-state index >= 15 is 0 Å². The molecule has 0 heterocycles. The zero-order chi connectivity index (χ0) is 11.6. The molecule has 0 amide bonds. The van der Waals surface area contributed by atoms with E-state index in [0.29, 0.717) is 0 Å². The number of aliphatic carboxylic acids is 1. The average Bonchev–Trinajstić information content (AvgIpc) is 2.14. The van der Waals surface area contributed by atoms with Gasteiger partial charge in [0.2, 0.25) is 0 Å². The summed E-state index contributed by atoms with van der Waals surface area (Å²) >= 11 is 0. The highest BCUT2D eigenvalue weighted by Gasteiger charge is 2.60. The molecule has 4 aliphatic rings. The average molecular weight is 223 g/mol. The fourth-order valence-electron chi connectivity index (χ4n) is 4.97. The van der Waals surface area contributed by atoms with Crippen molar-refractivity contribution in [1.29, 1.82) is 0 Å². The third-order valence-electron chi connectivity index (χ3n) is 5.58. The first-order valence-electron chi connectivity index (χ1n) is 6.45. The Morgan fingerprint density at radius 3 is 1.88 bits per heavy atom. The predicted octanol–water partition coefficient (Wildman–Crippen LogP) is 2.00. The molecular weight excluding hydrogens is 202 g/mol. The van der Waals surface area contributed by atoms with Crippen molar-refractivity contribution in [2.45, 2.75) is 51.0 Å². The van der Waals surface area contributed by atoms with Crippen LogP contribution in [0.15, 0.2) is 0 Å². The predicted molar refractivity (Wildman–Crippen MR) is 60.8 cm³/mol. The van der Waals surface area contributed by atoms with Crippen LogP contribution < -0.4 is 5.73 Å². The van der Waals surface area contributed by atoms with Gasteiger partial charge in [0.05, 0.1) is 0 Å². The molecule has 4 rings (SSSR count). The third kappa shape index (κ3) is 1.21. The van der Waals surface area contributed by atoms with Gasteiger partial charge in [-0.05, 0) is 68.6 Å². The maximum absolute atomic E-state index is 11.4. The van der Waals surface area contributed by atoms with Gasteiger partial charge in [-0.25, -0.2) is 0 Å². The lowest BCUT2D eigenvalue weighted by atomic mass is 9.45. The molecular formula is C13H21NO2. The van der Waals surface area contributed by atoms with Gasteiger partial charge in [-0.15, -0.1) is 0 Å². The molecule has 4 aliphatic carbocycles. The Labute approximate surface area is 96.4 Å². The second kappa shape index (κ2) is 3.00. The van der Waals surface area contributed by atoms with E-state index in [1.54, 1.807) is 6.92 Å². The van der Waals surface area contributed by atoms with Crippen molar-refractivity contribution in [3.05, 3.63) is 0 Å². The minimum atomic E-state index is -1.02. The normalized spacial score (nSPS) is 49.0. The van der Waals surface area contributed by atoms with E-state index in [9.17, 15) is 9.90 Å². The highest BCUT2D eigenvalue weighted by Crippen LogP contribution is 2.63. The Morgan fingerprint density at radius 2 is 1.56 bits per heavy atom. The molecule has 0 aliphatic heterocycles. The molecule has 16 heavy (non-hydrogen) atoms. The molecule has 4 fully saturated rings. The van der Waals surface area contributed by atoms with Gasteiger partial charge in [0.15, 0.2) is 0 Å². The van der Waals surface area contributed by atoms with Crippen molar-refractivity contribution in [2.24, 2.45) is 28.9 Å². The largest absolute Gasteiger partial charge is 0.480 e. The molecule has 0 aromatic carbocycles. The van der Waals surface area contributed by atoms with Crippen molar-refractivity contribution in [3.63, 3.8) is 0 Å². The minimum Gasteiger partial charge on any atom is -0.480 e. The first-order valence-corrected chi connectivity index (χ1v) is 6.45. The van der Waals surface area contributed by atoms with E-state index < -0.39 is 11.5 Å². The number of nitrogens with two attached hydrogens (primary N) is 1. The second-order valence-electron chi connectivity index (χ2n) is 6.71. The molecule has 3 nitrogen and oxygen atoms in total. The van der Waals surface area contributed by atoms with Crippen molar-refractivity contribution >= 4 is 5.97 Å². The molecule has 0 unspecified atom stereocenters. The standard InChI is InChI=1S/C13H21NO2/c1-12(14,11(15)16)13-5-8-2-9(6-13)4-10(3-8)7-13/h8-10H,2-7,14H2,1H3,(H,15,16)/t8?,9?,10?,12-,13?/m0/s1. The van der Waals surface area contributed by atoms with Gasteiger partial charge in [-0.1, -0.05) is 0 Å². The molecule has 3 N–H and O–H groups in total. The maximum Gasteiger partial charge on any atom is 0.323 e. The van der Waals surface area contributed by atoms with Crippen molar-refractivity contribution in [1.82, 2.24) is 0 Å². The summed E-state index contributed by atoms with van der Waals surface area (Å²) in [5.74, 6) is 1.46. The molecule has 4 saturated carbocycles. The monoisotopic (exact) mass is 223 g/mol. The Hall–Kier alpha value is -0.570. The van der Waals surface area contributed by atoms with Crippen LogP contribution in [0.4, 0.5) is 0 Å². The number of carbonyl (C=O) groups is 1. The summed E-state index contributed by atoms with van der Waals surface area (Å²) in [6, 6.07) is 0. The minimum absolute atomic E-state index is 0.104. The van der Waals surface area contributed by atoms with Crippen LogP contribution in [0, 0.1) is 23.2 Å². The van der Waals surface area contributed by atoms with Crippen LogP contribution in [0.1, 0.15) is 45.4 Å². The van der Waals surface area contributed by atoms with Gasteiger partial charge in [0, 0.05) is 0 Å². The molecule has 1 atom stereocenters. The number of rotatable bonds is 2. The molecule has 0 aromatic rings. The lowest BCUT2D eigenvalue weighted by molar-refractivity contribution is -0.160. The van der Waals surface area contributed by atoms with Gasteiger partial charge in [0.25, 0.3) is 0 Å². The quantitative estimate of drug-likeness (QED) is 0.752. The molecule has 3 heteroatoms. The fourth-order valence-corrected chi connectivity index (χ4v) is 4.97. The molecule has 0 aromatic heterocycles. The van der Waals surface area contributed by atoms with Crippen LogP contribution in [0.25, 0.3) is 0 Å². The first-order chi connectivity index (χ1) is 7.43. The first kappa shape index (κ1) is 10.6. The van der Waals surface area contributed by atoms with Crippen LogP contribution in [0.2, 0.25) is 0 Å². The number of hydrogen-bond donors (Lipinski definition) is 2.